The van der Waals surface area contributed by atoms with Crippen LogP contribution in [0.5, 0.6) is 5.75 Å². The number of hydrogen-bond donors (Lipinski definition) is 2. The molecule has 1 amide bonds. The maximum absolute atomic E-state index is 12.3. The molecule has 2 aliphatic rings. The summed E-state index contributed by atoms with van der Waals surface area (Å²) in [5.74, 6) is 1.47. The number of methoxy groups -OCH3 is 1. The van der Waals surface area contributed by atoms with Crippen LogP contribution in [0.3, 0.4) is 0 Å². The largest absolute Gasteiger partial charge is 0.497 e. The van der Waals surface area contributed by atoms with Gasteiger partial charge in [0.05, 0.1) is 32.3 Å². The monoisotopic (exact) mass is 340 g/mol. The fourth-order valence-corrected chi connectivity index (χ4v) is 2.90. The first-order valence-electron chi connectivity index (χ1n) is 8.02. The molecule has 2 fully saturated rings. The van der Waals surface area contributed by atoms with Crippen molar-refractivity contribution in [2.45, 2.75) is 31.4 Å². The molecule has 1 aliphatic heterocycles. The molecule has 1 aromatic rings. The average Bonchev–Trinajstić information content (AvgIpc) is 3.38. The van der Waals surface area contributed by atoms with E-state index in [0.717, 1.165) is 24.4 Å². The molecular formula is C17H25ClN2O3. The molecule has 1 saturated heterocycles. The van der Waals surface area contributed by atoms with Crippen molar-refractivity contribution in [1.82, 2.24) is 10.6 Å². The predicted molar refractivity (Wildman–Crippen MR) is 91.1 cm³/mol. The number of carbonyl (C=O) groups excluding carboxylic acids is 1. The average molecular weight is 341 g/mol. The van der Waals surface area contributed by atoms with Gasteiger partial charge < -0.3 is 20.1 Å². The van der Waals surface area contributed by atoms with Crippen LogP contribution in [-0.2, 0) is 9.53 Å². The minimum absolute atomic E-state index is 0. The number of ether oxygens (including phenoxy) is 2. The fourth-order valence-electron chi connectivity index (χ4n) is 2.90. The summed E-state index contributed by atoms with van der Waals surface area (Å²) in [6.45, 7) is 2.31. The van der Waals surface area contributed by atoms with E-state index in [4.69, 9.17) is 9.47 Å². The van der Waals surface area contributed by atoms with Crippen molar-refractivity contribution in [1.29, 1.82) is 0 Å². The van der Waals surface area contributed by atoms with Crippen LogP contribution in [0, 0.1) is 5.92 Å². The van der Waals surface area contributed by atoms with Crippen molar-refractivity contribution in [2.24, 2.45) is 5.92 Å². The molecule has 2 atom stereocenters. The van der Waals surface area contributed by atoms with Gasteiger partial charge in [-0.25, -0.2) is 0 Å². The number of hydrogen-bond acceptors (Lipinski definition) is 4. The molecule has 3 rings (SSSR count). The van der Waals surface area contributed by atoms with E-state index < -0.39 is 0 Å². The van der Waals surface area contributed by atoms with E-state index in [1.54, 1.807) is 7.11 Å². The molecule has 1 aliphatic carbocycles. The predicted octanol–water partition coefficient (Wildman–Crippen LogP) is 2.06. The maximum atomic E-state index is 12.3. The normalized spacial score (nSPS) is 21.9. The van der Waals surface area contributed by atoms with Crippen molar-refractivity contribution >= 4 is 18.3 Å². The van der Waals surface area contributed by atoms with Crippen molar-refractivity contribution in [3.05, 3.63) is 29.8 Å². The molecule has 0 radical (unpaired) electrons. The maximum Gasteiger partial charge on any atom is 0.223 e. The van der Waals surface area contributed by atoms with Crippen molar-refractivity contribution in [3.8, 4) is 5.75 Å². The van der Waals surface area contributed by atoms with Gasteiger partial charge in [-0.05, 0) is 36.5 Å². The Morgan fingerprint density at radius 1 is 1.39 bits per heavy atom. The Morgan fingerprint density at radius 2 is 2.13 bits per heavy atom. The summed E-state index contributed by atoms with van der Waals surface area (Å²) in [5.41, 5.74) is 1.15. The van der Waals surface area contributed by atoms with Crippen LogP contribution in [0.1, 0.15) is 30.9 Å². The minimum atomic E-state index is -0.00975. The summed E-state index contributed by atoms with van der Waals surface area (Å²) in [4.78, 5) is 12.3. The third-order valence-electron chi connectivity index (χ3n) is 4.30. The molecule has 1 saturated carbocycles. The summed E-state index contributed by atoms with van der Waals surface area (Å²) >= 11 is 0. The highest BCUT2D eigenvalue weighted by molar-refractivity contribution is 5.85. The van der Waals surface area contributed by atoms with Gasteiger partial charge >= 0.3 is 0 Å². The topological polar surface area (TPSA) is 59.6 Å². The first-order chi connectivity index (χ1) is 10.8. The lowest BCUT2D eigenvalue weighted by Gasteiger charge is -2.25. The molecule has 1 heterocycles. The fraction of sp³-hybridized carbons (Fsp3) is 0.588. The molecular weight excluding hydrogens is 316 g/mol. The van der Waals surface area contributed by atoms with Crippen LogP contribution in [0.15, 0.2) is 24.3 Å². The standard InChI is InChI=1S/C17H24N2O3.ClH/c1-21-14-6-4-13(5-7-14)17(12-2-3-12)19-16(20)10-15-11-18-8-9-22-15;/h4-7,12,15,17-18H,2-3,8-11H2,1H3,(H,19,20);1H. The Bertz CT molecular complexity index is 499. The van der Waals surface area contributed by atoms with Crippen LogP contribution in [-0.4, -0.2) is 38.8 Å². The number of benzene rings is 1. The summed E-state index contributed by atoms with van der Waals surface area (Å²) in [6.07, 6.45) is 2.77. The molecule has 5 nitrogen and oxygen atoms in total. The van der Waals surface area contributed by atoms with Gasteiger partial charge in [0.2, 0.25) is 5.91 Å². The zero-order valence-corrected chi connectivity index (χ0v) is 14.2. The van der Waals surface area contributed by atoms with E-state index in [-0.39, 0.29) is 30.5 Å². The summed E-state index contributed by atoms with van der Waals surface area (Å²) < 4.78 is 10.8. The Hall–Kier alpha value is -1.30. The quantitative estimate of drug-likeness (QED) is 0.832. The second-order valence-electron chi connectivity index (χ2n) is 6.06. The number of rotatable bonds is 6. The second-order valence-corrected chi connectivity index (χ2v) is 6.06. The van der Waals surface area contributed by atoms with Gasteiger partial charge in [0.25, 0.3) is 0 Å². The van der Waals surface area contributed by atoms with Gasteiger partial charge in [0.1, 0.15) is 5.75 Å². The molecule has 1 aromatic carbocycles. The summed E-state index contributed by atoms with van der Waals surface area (Å²) in [6, 6.07) is 8.09. The van der Waals surface area contributed by atoms with E-state index >= 15 is 0 Å². The Kier molecular flexibility index (Phi) is 6.69. The Balaban J connectivity index is 0.00000192. The van der Waals surface area contributed by atoms with Gasteiger partial charge in [-0.3, -0.25) is 4.79 Å². The SMILES string of the molecule is COc1ccc(C(NC(=O)CC2CNCCO2)C2CC2)cc1.Cl. The lowest BCUT2D eigenvalue weighted by Crippen LogP contribution is -2.42. The van der Waals surface area contributed by atoms with Crippen LogP contribution >= 0.6 is 12.4 Å². The van der Waals surface area contributed by atoms with Crippen LogP contribution < -0.4 is 15.4 Å². The highest BCUT2D eigenvalue weighted by atomic mass is 35.5. The number of morpholine rings is 1. The van der Waals surface area contributed by atoms with Crippen LogP contribution in [0.2, 0.25) is 0 Å². The third-order valence-corrected chi connectivity index (χ3v) is 4.30. The van der Waals surface area contributed by atoms with Gasteiger partial charge in [-0.15, -0.1) is 12.4 Å². The van der Waals surface area contributed by atoms with Crippen molar-refractivity contribution in [3.63, 3.8) is 0 Å². The molecule has 0 spiro atoms. The highest BCUT2D eigenvalue weighted by Crippen LogP contribution is 2.41. The lowest BCUT2D eigenvalue weighted by molar-refractivity contribution is -0.125. The number of carbonyl (C=O) groups is 1. The van der Waals surface area contributed by atoms with Gasteiger partial charge in [-0.1, -0.05) is 12.1 Å². The zero-order chi connectivity index (χ0) is 15.4. The number of amides is 1. The van der Waals surface area contributed by atoms with E-state index in [9.17, 15) is 4.79 Å². The highest BCUT2D eigenvalue weighted by Gasteiger charge is 2.33. The van der Waals surface area contributed by atoms with Crippen molar-refractivity contribution < 1.29 is 14.3 Å². The number of nitrogens with one attached hydrogen (secondary N) is 2. The first-order valence-corrected chi connectivity index (χ1v) is 8.02. The number of halogens is 1. The van der Waals surface area contributed by atoms with E-state index in [0.29, 0.717) is 18.9 Å². The summed E-state index contributed by atoms with van der Waals surface area (Å²) in [7, 11) is 1.66. The first kappa shape index (κ1) is 18.0. The van der Waals surface area contributed by atoms with E-state index in [1.165, 1.54) is 12.8 Å². The van der Waals surface area contributed by atoms with Gasteiger partial charge in [0, 0.05) is 13.1 Å². The smallest absolute Gasteiger partial charge is 0.223 e. The summed E-state index contributed by atoms with van der Waals surface area (Å²) in [5, 5.41) is 6.45. The zero-order valence-electron chi connectivity index (χ0n) is 13.4. The minimum Gasteiger partial charge on any atom is -0.497 e. The van der Waals surface area contributed by atoms with Gasteiger partial charge in [-0.2, -0.15) is 0 Å². The molecule has 128 valence electrons. The Labute approximate surface area is 143 Å². The lowest BCUT2D eigenvalue weighted by atomic mass is 10.0. The molecule has 6 heteroatoms. The van der Waals surface area contributed by atoms with E-state index in [2.05, 4.69) is 10.6 Å². The third kappa shape index (κ3) is 5.09. The van der Waals surface area contributed by atoms with Crippen molar-refractivity contribution in [2.75, 3.05) is 26.8 Å². The molecule has 0 bridgehead atoms. The Morgan fingerprint density at radius 3 is 2.70 bits per heavy atom. The molecule has 2 N–H and O–H groups in total. The van der Waals surface area contributed by atoms with E-state index in [1.807, 2.05) is 24.3 Å². The second kappa shape index (κ2) is 8.52. The van der Waals surface area contributed by atoms with Crippen LogP contribution in [0.25, 0.3) is 0 Å². The molecule has 0 aromatic heterocycles. The molecule has 23 heavy (non-hydrogen) atoms. The van der Waals surface area contributed by atoms with Crippen LogP contribution in [0.4, 0.5) is 0 Å². The van der Waals surface area contributed by atoms with Gasteiger partial charge in [0.15, 0.2) is 0 Å². The molecule has 2 unspecified atom stereocenters.